The highest BCUT2D eigenvalue weighted by Crippen LogP contribution is 2.48. The van der Waals surface area contributed by atoms with E-state index in [4.69, 9.17) is 0 Å². The molecule has 1 saturated carbocycles. The van der Waals surface area contributed by atoms with Crippen molar-refractivity contribution in [2.24, 2.45) is 5.92 Å². The molecule has 0 bridgehead atoms. The van der Waals surface area contributed by atoms with E-state index in [2.05, 4.69) is 25.6 Å². The zero-order chi connectivity index (χ0) is 25.5. The third-order valence-corrected chi connectivity index (χ3v) is 7.50. The van der Waals surface area contributed by atoms with Gasteiger partial charge in [0, 0.05) is 27.7 Å². The number of alkyl halides is 4. The van der Waals surface area contributed by atoms with Gasteiger partial charge in [0.1, 0.15) is 23.7 Å². The maximum atomic E-state index is 14.9. The summed E-state index contributed by atoms with van der Waals surface area (Å²) in [4.78, 5) is 28.7. The zero-order valence-corrected chi connectivity index (χ0v) is 20.7. The van der Waals surface area contributed by atoms with Crippen LogP contribution in [0.25, 0.3) is 0 Å². The summed E-state index contributed by atoms with van der Waals surface area (Å²) in [5.74, 6) is 0.135. The predicted octanol–water partition coefficient (Wildman–Crippen LogP) is 5.97. The molecule has 13 heteroatoms. The largest absolute Gasteiger partial charge is 0.397 e. The van der Waals surface area contributed by atoms with Gasteiger partial charge in [-0.3, -0.25) is 4.79 Å². The Kier molecular flexibility index (Phi) is 6.54. The minimum Gasteiger partial charge on any atom is -0.350 e. The SMILES string of the molecule is Cc1cnc(Nc2cc(N3CC(F)(C4CC4)C3)nc(Sc3ccc(NC(=O)CC(F)(F)F)cc3)n2)s1. The lowest BCUT2D eigenvalue weighted by molar-refractivity contribution is -0.150. The molecule has 1 aromatic carbocycles. The summed E-state index contributed by atoms with van der Waals surface area (Å²) in [5.41, 5.74) is -0.908. The first-order valence-electron chi connectivity index (χ1n) is 11.2. The van der Waals surface area contributed by atoms with Gasteiger partial charge in [0.15, 0.2) is 10.3 Å². The Balaban J connectivity index is 1.31. The number of nitrogens with one attached hydrogen (secondary N) is 2. The van der Waals surface area contributed by atoms with Crippen LogP contribution >= 0.6 is 23.1 Å². The molecule has 0 spiro atoms. The average Bonchev–Trinajstić information content (AvgIpc) is 3.54. The maximum Gasteiger partial charge on any atom is 0.397 e. The number of aromatic nitrogens is 3. The van der Waals surface area contributed by atoms with Crippen LogP contribution in [0.5, 0.6) is 0 Å². The van der Waals surface area contributed by atoms with E-state index in [0.717, 1.165) is 22.6 Å². The summed E-state index contributed by atoms with van der Waals surface area (Å²) in [6.45, 7) is 2.53. The smallest absolute Gasteiger partial charge is 0.350 e. The number of carbonyl (C=O) groups excluding carboxylic acids is 1. The number of hydrogen-bond donors (Lipinski definition) is 2. The fourth-order valence-electron chi connectivity index (χ4n) is 3.91. The molecule has 0 unspecified atom stereocenters. The first kappa shape index (κ1) is 24.8. The van der Waals surface area contributed by atoms with Gasteiger partial charge in [-0.15, -0.1) is 11.3 Å². The molecule has 1 aliphatic carbocycles. The second-order valence-electron chi connectivity index (χ2n) is 8.93. The second kappa shape index (κ2) is 9.51. The highest BCUT2D eigenvalue weighted by atomic mass is 32.2. The van der Waals surface area contributed by atoms with E-state index in [-0.39, 0.29) is 11.6 Å². The molecule has 2 fully saturated rings. The van der Waals surface area contributed by atoms with E-state index in [1.807, 2.05) is 11.8 Å². The van der Waals surface area contributed by atoms with Gasteiger partial charge in [-0.25, -0.2) is 19.3 Å². The van der Waals surface area contributed by atoms with Gasteiger partial charge in [-0.2, -0.15) is 13.2 Å². The Bertz CT molecular complexity index is 1260. The Hall–Kier alpha value is -2.93. The molecule has 3 aromatic rings. The van der Waals surface area contributed by atoms with Crippen LogP contribution in [0.15, 0.2) is 46.6 Å². The van der Waals surface area contributed by atoms with Crippen molar-refractivity contribution in [1.29, 1.82) is 0 Å². The molecular formula is C23H22F4N6OS2. The zero-order valence-electron chi connectivity index (χ0n) is 19.1. The van der Waals surface area contributed by atoms with Crippen molar-refractivity contribution in [2.75, 3.05) is 28.6 Å². The number of hydrogen-bond acceptors (Lipinski definition) is 8. The Morgan fingerprint density at radius 1 is 1.22 bits per heavy atom. The predicted molar refractivity (Wildman–Crippen MR) is 131 cm³/mol. The monoisotopic (exact) mass is 538 g/mol. The van der Waals surface area contributed by atoms with Crippen molar-refractivity contribution >= 4 is 51.5 Å². The fourth-order valence-corrected chi connectivity index (χ4v) is 5.35. The van der Waals surface area contributed by atoms with Gasteiger partial charge in [-0.1, -0.05) is 0 Å². The molecule has 1 aliphatic heterocycles. The van der Waals surface area contributed by atoms with Crippen LogP contribution in [0.3, 0.4) is 0 Å². The number of rotatable bonds is 8. The van der Waals surface area contributed by atoms with Crippen molar-refractivity contribution in [3.63, 3.8) is 0 Å². The molecule has 190 valence electrons. The first-order valence-corrected chi connectivity index (χ1v) is 12.8. The van der Waals surface area contributed by atoms with Crippen LogP contribution in [0.1, 0.15) is 24.1 Å². The molecule has 2 N–H and O–H groups in total. The molecule has 5 rings (SSSR count). The number of benzene rings is 1. The molecule has 0 radical (unpaired) electrons. The number of anilines is 4. The topological polar surface area (TPSA) is 83.0 Å². The average molecular weight is 539 g/mol. The molecule has 1 saturated heterocycles. The van der Waals surface area contributed by atoms with Crippen LogP contribution in [-0.2, 0) is 4.79 Å². The third kappa shape index (κ3) is 6.06. The highest BCUT2D eigenvalue weighted by molar-refractivity contribution is 7.99. The van der Waals surface area contributed by atoms with Gasteiger partial charge < -0.3 is 15.5 Å². The van der Waals surface area contributed by atoms with E-state index >= 15 is 0 Å². The molecule has 1 amide bonds. The highest BCUT2D eigenvalue weighted by Gasteiger charge is 2.54. The van der Waals surface area contributed by atoms with Crippen LogP contribution in [0, 0.1) is 12.8 Å². The normalized spacial score (nSPS) is 17.0. The van der Waals surface area contributed by atoms with Crippen LogP contribution in [0.2, 0.25) is 0 Å². The van der Waals surface area contributed by atoms with E-state index in [1.54, 1.807) is 24.4 Å². The van der Waals surface area contributed by atoms with Gasteiger partial charge in [-0.05, 0) is 61.7 Å². The van der Waals surface area contributed by atoms with E-state index in [0.29, 0.717) is 35.0 Å². The number of aryl methyl sites for hydroxylation is 1. The third-order valence-electron chi connectivity index (χ3n) is 5.80. The van der Waals surface area contributed by atoms with Crippen molar-refractivity contribution in [2.45, 2.75) is 48.1 Å². The molecule has 36 heavy (non-hydrogen) atoms. The summed E-state index contributed by atoms with van der Waals surface area (Å²) in [6, 6.07) is 8.11. The summed E-state index contributed by atoms with van der Waals surface area (Å²) >= 11 is 2.73. The lowest BCUT2D eigenvalue weighted by Gasteiger charge is -2.45. The van der Waals surface area contributed by atoms with Crippen molar-refractivity contribution in [3.05, 3.63) is 41.4 Å². The minimum atomic E-state index is -4.57. The molecule has 7 nitrogen and oxygen atoms in total. The van der Waals surface area contributed by atoms with Gasteiger partial charge >= 0.3 is 6.18 Å². The fraction of sp³-hybridized carbons (Fsp3) is 0.391. The minimum absolute atomic E-state index is 0.135. The Morgan fingerprint density at radius 3 is 2.56 bits per heavy atom. The second-order valence-corrected chi connectivity index (χ2v) is 11.2. The van der Waals surface area contributed by atoms with Crippen molar-refractivity contribution in [3.8, 4) is 0 Å². The van der Waals surface area contributed by atoms with E-state index in [1.165, 1.54) is 35.2 Å². The Morgan fingerprint density at radius 2 is 1.94 bits per heavy atom. The molecule has 3 heterocycles. The number of amides is 1. The van der Waals surface area contributed by atoms with Crippen LogP contribution in [-0.4, -0.2) is 45.8 Å². The first-order chi connectivity index (χ1) is 17.0. The van der Waals surface area contributed by atoms with Crippen LogP contribution in [0.4, 0.5) is 40.0 Å². The summed E-state index contributed by atoms with van der Waals surface area (Å²) in [7, 11) is 0. The standard InChI is InChI=1S/C23H22F4N6OS2/c1-13-10-28-20(35-13)30-17-8-18(33-11-22(24,12-33)14-2-3-14)32-21(31-17)36-16-6-4-15(5-7-16)29-19(34)9-23(25,26)27/h4-8,10,14H,2-3,9,11-12H2,1H3,(H,29,34)(H,28,30,31,32). The lowest BCUT2D eigenvalue weighted by Crippen LogP contribution is -2.60. The molecule has 0 atom stereocenters. The van der Waals surface area contributed by atoms with Gasteiger partial charge in [0.2, 0.25) is 5.91 Å². The summed E-state index contributed by atoms with van der Waals surface area (Å²) in [6.07, 6.45) is -2.50. The maximum absolute atomic E-state index is 14.9. The number of halogens is 4. The van der Waals surface area contributed by atoms with Gasteiger partial charge in [0.25, 0.3) is 0 Å². The quantitative estimate of drug-likeness (QED) is 0.270. The molecule has 2 aliphatic rings. The van der Waals surface area contributed by atoms with Crippen molar-refractivity contribution in [1.82, 2.24) is 15.0 Å². The van der Waals surface area contributed by atoms with E-state index < -0.39 is 24.2 Å². The Labute approximate surface area is 212 Å². The number of carbonyl (C=O) groups is 1. The van der Waals surface area contributed by atoms with Crippen molar-refractivity contribution < 1.29 is 22.4 Å². The summed E-state index contributed by atoms with van der Waals surface area (Å²) < 4.78 is 52.1. The number of thiazole rings is 1. The number of nitrogens with zero attached hydrogens (tertiary/aromatic N) is 4. The summed E-state index contributed by atoms with van der Waals surface area (Å²) in [5, 5.41) is 6.51. The van der Waals surface area contributed by atoms with Gasteiger partial charge in [0.05, 0.1) is 13.1 Å². The van der Waals surface area contributed by atoms with Crippen LogP contribution < -0.4 is 15.5 Å². The molecule has 2 aromatic heterocycles. The lowest BCUT2D eigenvalue weighted by atomic mass is 9.91. The van der Waals surface area contributed by atoms with E-state index in [9.17, 15) is 22.4 Å². The molecular weight excluding hydrogens is 516 g/mol.